The molecule has 1 amide bonds. The van der Waals surface area contributed by atoms with Gasteiger partial charge in [-0.1, -0.05) is 23.7 Å². The van der Waals surface area contributed by atoms with Gasteiger partial charge in [0.15, 0.2) is 0 Å². The summed E-state index contributed by atoms with van der Waals surface area (Å²) >= 11 is 6.20. The van der Waals surface area contributed by atoms with E-state index >= 15 is 0 Å². The summed E-state index contributed by atoms with van der Waals surface area (Å²) in [5, 5.41) is 9.40. The number of nitriles is 1. The van der Waals surface area contributed by atoms with Crippen LogP contribution in [0.15, 0.2) is 42.6 Å². The molecule has 1 aromatic carbocycles. The Balaban J connectivity index is 1.81. The van der Waals surface area contributed by atoms with Crippen LogP contribution in [0, 0.1) is 11.3 Å². The highest BCUT2D eigenvalue weighted by atomic mass is 35.5. The average molecular weight is 327 g/mol. The minimum atomic E-state index is -0.285. The smallest absolute Gasteiger partial charge is 0.249 e. The standard InChI is InChI=1S/C17H15ClN4O/c1-21(16-7-6-12(10-19)11-20-16)15-8-9-22(17(15)23)14-5-3-2-4-13(14)18/h2-7,11,15H,8-9H2,1H3/t15-/m0/s1. The van der Waals surface area contributed by atoms with Gasteiger partial charge in [-0.25, -0.2) is 4.98 Å². The number of amides is 1. The summed E-state index contributed by atoms with van der Waals surface area (Å²) in [4.78, 5) is 20.6. The van der Waals surface area contributed by atoms with E-state index in [0.717, 1.165) is 5.69 Å². The molecule has 116 valence electrons. The van der Waals surface area contributed by atoms with Crippen LogP contribution < -0.4 is 9.80 Å². The fourth-order valence-corrected chi connectivity index (χ4v) is 2.99. The largest absolute Gasteiger partial charge is 0.348 e. The number of pyridine rings is 1. The van der Waals surface area contributed by atoms with Crippen molar-refractivity contribution in [1.82, 2.24) is 4.98 Å². The highest BCUT2D eigenvalue weighted by Crippen LogP contribution is 2.31. The van der Waals surface area contributed by atoms with Gasteiger partial charge in [0, 0.05) is 19.8 Å². The SMILES string of the molecule is CN(c1ccc(C#N)cn1)[C@H]1CCN(c2ccccc2Cl)C1=O. The molecule has 0 aliphatic carbocycles. The van der Waals surface area contributed by atoms with Gasteiger partial charge in [-0.3, -0.25) is 4.79 Å². The molecule has 1 saturated heterocycles. The van der Waals surface area contributed by atoms with Crippen molar-refractivity contribution in [3.8, 4) is 6.07 Å². The minimum Gasteiger partial charge on any atom is -0.348 e. The second kappa shape index (κ2) is 6.27. The predicted molar refractivity (Wildman–Crippen MR) is 89.6 cm³/mol. The van der Waals surface area contributed by atoms with Crippen LogP contribution in [0.3, 0.4) is 0 Å². The maximum absolute atomic E-state index is 12.7. The van der Waals surface area contributed by atoms with E-state index < -0.39 is 0 Å². The molecule has 5 nitrogen and oxygen atoms in total. The molecule has 1 aliphatic rings. The van der Waals surface area contributed by atoms with Crippen molar-refractivity contribution >= 4 is 29.0 Å². The Hall–Kier alpha value is -2.58. The van der Waals surface area contributed by atoms with Gasteiger partial charge in [-0.15, -0.1) is 0 Å². The highest BCUT2D eigenvalue weighted by molar-refractivity contribution is 6.34. The van der Waals surface area contributed by atoms with E-state index in [1.54, 1.807) is 23.1 Å². The maximum atomic E-state index is 12.7. The van der Waals surface area contributed by atoms with Gasteiger partial charge in [0.1, 0.15) is 17.9 Å². The molecule has 1 aromatic heterocycles. The molecule has 2 heterocycles. The number of likely N-dealkylation sites (N-methyl/N-ethyl adjacent to an activating group) is 1. The van der Waals surface area contributed by atoms with Crippen LogP contribution in [-0.4, -0.2) is 30.5 Å². The summed E-state index contributed by atoms with van der Waals surface area (Å²) < 4.78 is 0. The number of para-hydroxylation sites is 1. The van der Waals surface area contributed by atoms with Crippen LogP contribution in [-0.2, 0) is 4.79 Å². The van der Waals surface area contributed by atoms with Crippen LogP contribution in [0.2, 0.25) is 5.02 Å². The molecule has 1 atom stereocenters. The van der Waals surface area contributed by atoms with E-state index in [2.05, 4.69) is 4.98 Å². The van der Waals surface area contributed by atoms with Gasteiger partial charge in [0.25, 0.3) is 0 Å². The van der Waals surface area contributed by atoms with Gasteiger partial charge in [-0.2, -0.15) is 5.26 Å². The molecular weight excluding hydrogens is 312 g/mol. The average Bonchev–Trinajstić information content (AvgIpc) is 2.96. The summed E-state index contributed by atoms with van der Waals surface area (Å²) in [6.07, 6.45) is 2.21. The van der Waals surface area contributed by atoms with Crippen molar-refractivity contribution in [2.24, 2.45) is 0 Å². The summed E-state index contributed by atoms with van der Waals surface area (Å²) in [5.74, 6) is 0.676. The maximum Gasteiger partial charge on any atom is 0.249 e. The summed E-state index contributed by atoms with van der Waals surface area (Å²) in [5.41, 5.74) is 1.24. The molecule has 0 unspecified atom stereocenters. The molecule has 0 radical (unpaired) electrons. The Labute approximate surface area is 139 Å². The van der Waals surface area contributed by atoms with Gasteiger partial charge < -0.3 is 9.80 Å². The number of carbonyl (C=O) groups excluding carboxylic acids is 1. The molecule has 0 spiro atoms. The van der Waals surface area contributed by atoms with E-state index in [1.807, 2.05) is 36.2 Å². The molecule has 0 saturated carbocycles. The molecular formula is C17H15ClN4O. The van der Waals surface area contributed by atoms with Crippen molar-refractivity contribution in [2.45, 2.75) is 12.5 Å². The van der Waals surface area contributed by atoms with E-state index in [4.69, 9.17) is 16.9 Å². The molecule has 6 heteroatoms. The highest BCUT2D eigenvalue weighted by Gasteiger charge is 2.36. The number of anilines is 2. The van der Waals surface area contributed by atoms with E-state index in [-0.39, 0.29) is 11.9 Å². The fourth-order valence-electron chi connectivity index (χ4n) is 2.75. The van der Waals surface area contributed by atoms with Gasteiger partial charge >= 0.3 is 0 Å². The quantitative estimate of drug-likeness (QED) is 0.870. The zero-order valence-electron chi connectivity index (χ0n) is 12.6. The lowest BCUT2D eigenvalue weighted by atomic mass is 10.2. The van der Waals surface area contributed by atoms with Gasteiger partial charge in [0.05, 0.1) is 16.3 Å². The first-order valence-corrected chi connectivity index (χ1v) is 7.64. The first kappa shape index (κ1) is 15.3. The second-order valence-corrected chi connectivity index (χ2v) is 5.78. The lowest BCUT2D eigenvalue weighted by Gasteiger charge is -2.25. The number of carbonyl (C=O) groups is 1. The summed E-state index contributed by atoms with van der Waals surface area (Å²) in [6, 6.07) is 12.5. The van der Waals surface area contributed by atoms with E-state index in [0.29, 0.717) is 29.4 Å². The monoisotopic (exact) mass is 326 g/mol. The first-order chi connectivity index (χ1) is 11.1. The number of halogens is 1. The Morgan fingerprint density at radius 2 is 2.13 bits per heavy atom. The third-order valence-electron chi connectivity index (χ3n) is 4.03. The normalized spacial score (nSPS) is 17.2. The number of benzene rings is 1. The van der Waals surface area contributed by atoms with Gasteiger partial charge in [0.2, 0.25) is 5.91 Å². The molecule has 23 heavy (non-hydrogen) atoms. The number of hydrogen-bond acceptors (Lipinski definition) is 4. The number of aromatic nitrogens is 1. The lowest BCUT2D eigenvalue weighted by molar-refractivity contribution is -0.118. The Morgan fingerprint density at radius 1 is 1.35 bits per heavy atom. The molecule has 0 N–H and O–H groups in total. The van der Waals surface area contributed by atoms with Crippen molar-refractivity contribution in [3.63, 3.8) is 0 Å². The molecule has 2 aromatic rings. The van der Waals surface area contributed by atoms with Crippen LogP contribution in [0.4, 0.5) is 11.5 Å². The first-order valence-electron chi connectivity index (χ1n) is 7.26. The lowest BCUT2D eigenvalue weighted by Crippen LogP contribution is -2.40. The van der Waals surface area contributed by atoms with Gasteiger partial charge in [-0.05, 0) is 30.7 Å². The zero-order chi connectivity index (χ0) is 16.4. The Bertz CT molecular complexity index is 769. The summed E-state index contributed by atoms with van der Waals surface area (Å²) in [7, 11) is 1.84. The Morgan fingerprint density at radius 3 is 2.78 bits per heavy atom. The third-order valence-corrected chi connectivity index (χ3v) is 4.35. The minimum absolute atomic E-state index is 0.00626. The van der Waals surface area contributed by atoms with Crippen molar-refractivity contribution in [2.75, 3.05) is 23.4 Å². The van der Waals surface area contributed by atoms with Crippen LogP contribution in [0.25, 0.3) is 0 Å². The van der Waals surface area contributed by atoms with E-state index in [9.17, 15) is 4.79 Å². The fraction of sp³-hybridized carbons (Fsp3) is 0.235. The molecule has 3 rings (SSSR count). The van der Waals surface area contributed by atoms with Crippen molar-refractivity contribution in [3.05, 3.63) is 53.2 Å². The van der Waals surface area contributed by atoms with Crippen LogP contribution in [0.1, 0.15) is 12.0 Å². The predicted octanol–water partition coefficient (Wildman–Crippen LogP) is 2.85. The number of rotatable bonds is 3. The molecule has 1 fully saturated rings. The van der Waals surface area contributed by atoms with Crippen molar-refractivity contribution < 1.29 is 4.79 Å². The molecule has 1 aliphatic heterocycles. The zero-order valence-corrected chi connectivity index (χ0v) is 13.4. The third kappa shape index (κ3) is 2.86. The number of hydrogen-bond donors (Lipinski definition) is 0. The van der Waals surface area contributed by atoms with Crippen LogP contribution in [0.5, 0.6) is 0 Å². The topological polar surface area (TPSA) is 60.2 Å². The van der Waals surface area contributed by atoms with E-state index in [1.165, 1.54) is 6.20 Å². The van der Waals surface area contributed by atoms with Crippen LogP contribution >= 0.6 is 11.6 Å². The Kier molecular flexibility index (Phi) is 4.18. The van der Waals surface area contributed by atoms with Crippen molar-refractivity contribution in [1.29, 1.82) is 5.26 Å². The molecule has 0 bridgehead atoms. The number of nitrogens with zero attached hydrogens (tertiary/aromatic N) is 4. The summed E-state index contributed by atoms with van der Waals surface area (Å²) in [6.45, 7) is 0.619. The second-order valence-electron chi connectivity index (χ2n) is 5.37.